The summed E-state index contributed by atoms with van der Waals surface area (Å²) in [5.41, 5.74) is 2.32. The predicted octanol–water partition coefficient (Wildman–Crippen LogP) is 3.55. The lowest BCUT2D eigenvalue weighted by atomic mass is 10.0. The number of hydrogen-bond acceptors (Lipinski definition) is 1. The van der Waals surface area contributed by atoms with Gasteiger partial charge in [-0.15, -0.1) is 11.6 Å². The second-order valence-electron chi connectivity index (χ2n) is 5.32. The molecule has 0 N–H and O–H groups in total. The molecule has 1 aliphatic rings. The van der Waals surface area contributed by atoms with Crippen molar-refractivity contribution in [3.8, 4) is 0 Å². The van der Waals surface area contributed by atoms with E-state index in [9.17, 15) is 4.79 Å². The Balaban J connectivity index is 2.05. The molecule has 0 aliphatic heterocycles. The Kier molecular flexibility index (Phi) is 5.26. The van der Waals surface area contributed by atoms with E-state index in [1.165, 1.54) is 18.4 Å². The summed E-state index contributed by atoms with van der Waals surface area (Å²) in [6.45, 7) is 2.74. The van der Waals surface area contributed by atoms with E-state index in [1.807, 2.05) is 23.1 Å². The third-order valence-electron chi connectivity index (χ3n) is 4.01. The summed E-state index contributed by atoms with van der Waals surface area (Å²) in [4.78, 5) is 14.5. The number of amides is 1. The van der Waals surface area contributed by atoms with Crippen molar-refractivity contribution in [3.63, 3.8) is 0 Å². The van der Waals surface area contributed by atoms with Gasteiger partial charge in [-0.05, 0) is 30.9 Å². The van der Waals surface area contributed by atoms with E-state index in [2.05, 4.69) is 13.0 Å². The van der Waals surface area contributed by atoms with Crippen LogP contribution in [0.2, 0.25) is 0 Å². The van der Waals surface area contributed by atoms with E-state index in [-0.39, 0.29) is 5.91 Å². The van der Waals surface area contributed by atoms with Gasteiger partial charge in [-0.3, -0.25) is 4.79 Å². The van der Waals surface area contributed by atoms with Gasteiger partial charge < -0.3 is 4.90 Å². The first-order valence-electron chi connectivity index (χ1n) is 7.12. The number of carbonyl (C=O) groups excluding carboxylic acids is 1. The molecule has 1 aliphatic carbocycles. The van der Waals surface area contributed by atoms with Crippen LogP contribution >= 0.6 is 11.6 Å². The van der Waals surface area contributed by atoms with Gasteiger partial charge in [0.25, 0.3) is 0 Å². The van der Waals surface area contributed by atoms with Crippen molar-refractivity contribution in [2.75, 3.05) is 12.4 Å². The fraction of sp³-hybridized carbons (Fsp3) is 0.562. The van der Waals surface area contributed by atoms with Crippen LogP contribution in [0.5, 0.6) is 0 Å². The van der Waals surface area contributed by atoms with Crippen LogP contribution in [0.1, 0.15) is 36.8 Å². The van der Waals surface area contributed by atoms with Gasteiger partial charge in [-0.2, -0.15) is 0 Å². The summed E-state index contributed by atoms with van der Waals surface area (Å²) in [6.07, 6.45) is 5.25. The second kappa shape index (κ2) is 6.95. The third kappa shape index (κ3) is 3.73. The quantitative estimate of drug-likeness (QED) is 0.755. The molecule has 2 nitrogen and oxygen atoms in total. The van der Waals surface area contributed by atoms with Crippen LogP contribution in [0.15, 0.2) is 24.3 Å². The Morgan fingerprint density at radius 1 is 1.32 bits per heavy atom. The summed E-state index contributed by atoms with van der Waals surface area (Å²) in [7, 11) is 0. The summed E-state index contributed by atoms with van der Waals surface area (Å²) >= 11 is 5.86. The van der Waals surface area contributed by atoms with E-state index in [0.29, 0.717) is 24.9 Å². The number of hydrogen-bond donors (Lipinski definition) is 0. The Labute approximate surface area is 120 Å². The smallest absolute Gasteiger partial charge is 0.227 e. The van der Waals surface area contributed by atoms with Crippen LogP contribution < -0.4 is 0 Å². The molecule has 1 saturated carbocycles. The van der Waals surface area contributed by atoms with Gasteiger partial charge in [-0.25, -0.2) is 0 Å². The second-order valence-corrected chi connectivity index (χ2v) is 5.70. The number of aryl methyl sites for hydroxylation is 1. The number of carbonyl (C=O) groups is 1. The van der Waals surface area contributed by atoms with Gasteiger partial charge in [0.05, 0.1) is 6.42 Å². The minimum atomic E-state index is 0.224. The van der Waals surface area contributed by atoms with Crippen molar-refractivity contribution in [3.05, 3.63) is 35.4 Å². The van der Waals surface area contributed by atoms with Gasteiger partial charge >= 0.3 is 0 Å². The van der Waals surface area contributed by atoms with Crippen LogP contribution in [0, 0.1) is 6.92 Å². The first-order valence-corrected chi connectivity index (χ1v) is 7.65. The fourth-order valence-corrected chi connectivity index (χ4v) is 3.07. The standard InChI is InChI=1S/C16H22ClNO/c1-13-6-2-3-7-14(13)12-16(19)18(11-10-17)15-8-4-5-9-15/h2-3,6-7,15H,4-5,8-12H2,1H3. The minimum absolute atomic E-state index is 0.224. The molecule has 2 rings (SSSR count). The molecule has 1 aromatic carbocycles. The van der Waals surface area contributed by atoms with E-state index in [0.717, 1.165) is 18.4 Å². The molecular formula is C16H22ClNO. The van der Waals surface area contributed by atoms with Crippen molar-refractivity contribution >= 4 is 17.5 Å². The average molecular weight is 280 g/mol. The van der Waals surface area contributed by atoms with Crippen molar-refractivity contribution < 1.29 is 4.79 Å². The summed E-state index contributed by atoms with van der Waals surface area (Å²) in [5.74, 6) is 0.748. The Morgan fingerprint density at radius 2 is 2.00 bits per heavy atom. The first kappa shape index (κ1) is 14.4. The molecule has 0 unspecified atom stereocenters. The van der Waals surface area contributed by atoms with Crippen molar-refractivity contribution in [1.29, 1.82) is 0 Å². The number of halogens is 1. The monoisotopic (exact) mass is 279 g/mol. The third-order valence-corrected chi connectivity index (χ3v) is 4.18. The highest BCUT2D eigenvalue weighted by molar-refractivity contribution is 6.18. The van der Waals surface area contributed by atoms with Gasteiger partial charge in [-0.1, -0.05) is 37.1 Å². The zero-order valence-electron chi connectivity index (χ0n) is 11.6. The normalized spacial score (nSPS) is 15.7. The lowest BCUT2D eigenvalue weighted by Crippen LogP contribution is -2.41. The zero-order chi connectivity index (χ0) is 13.7. The Hall–Kier alpha value is -1.02. The predicted molar refractivity (Wildman–Crippen MR) is 79.6 cm³/mol. The number of benzene rings is 1. The molecule has 104 valence electrons. The molecule has 3 heteroatoms. The van der Waals surface area contributed by atoms with Crippen LogP contribution in [-0.4, -0.2) is 29.3 Å². The maximum atomic E-state index is 12.5. The summed E-state index contributed by atoms with van der Waals surface area (Å²) in [6, 6.07) is 8.52. The maximum Gasteiger partial charge on any atom is 0.227 e. The molecule has 1 fully saturated rings. The van der Waals surface area contributed by atoms with Crippen LogP contribution in [0.4, 0.5) is 0 Å². The highest BCUT2D eigenvalue weighted by atomic mass is 35.5. The molecule has 0 radical (unpaired) electrons. The van der Waals surface area contributed by atoms with Crippen LogP contribution in [0.3, 0.4) is 0 Å². The average Bonchev–Trinajstić information content (AvgIpc) is 2.92. The molecule has 19 heavy (non-hydrogen) atoms. The fourth-order valence-electron chi connectivity index (χ4n) is 2.89. The number of nitrogens with zero attached hydrogens (tertiary/aromatic N) is 1. The first-order chi connectivity index (χ1) is 9.22. The molecule has 0 aromatic heterocycles. The molecule has 1 amide bonds. The largest absolute Gasteiger partial charge is 0.338 e. The molecule has 0 bridgehead atoms. The van der Waals surface area contributed by atoms with Crippen LogP contribution in [0.25, 0.3) is 0 Å². The highest BCUT2D eigenvalue weighted by Crippen LogP contribution is 2.24. The number of alkyl halides is 1. The molecule has 0 heterocycles. The van der Waals surface area contributed by atoms with Gasteiger partial charge in [0.2, 0.25) is 5.91 Å². The zero-order valence-corrected chi connectivity index (χ0v) is 12.3. The maximum absolute atomic E-state index is 12.5. The van der Waals surface area contributed by atoms with Gasteiger partial charge in [0, 0.05) is 18.5 Å². The molecule has 0 spiro atoms. The lowest BCUT2D eigenvalue weighted by molar-refractivity contribution is -0.132. The SMILES string of the molecule is Cc1ccccc1CC(=O)N(CCCl)C1CCCC1. The van der Waals surface area contributed by atoms with Crippen molar-refractivity contribution in [2.45, 2.75) is 45.1 Å². The lowest BCUT2D eigenvalue weighted by Gasteiger charge is -2.28. The summed E-state index contributed by atoms with van der Waals surface area (Å²) in [5, 5.41) is 0. The van der Waals surface area contributed by atoms with E-state index in [1.54, 1.807) is 0 Å². The molecule has 0 saturated heterocycles. The van der Waals surface area contributed by atoms with E-state index in [4.69, 9.17) is 11.6 Å². The Bertz CT molecular complexity index is 427. The molecular weight excluding hydrogens is 258 g/mol. The van der Waals surface area contributed by atoms with E-state index < -0.39 is 0 Å². The van der Waals surface area contributed by atoms with Crippen molar-refractivity contribution in [2.24, 2.45) is 0 Å². The van der Waals surface area contributed by atoms with E-state index >= 15 is 0 Å². The Morgan fingerprint density at radius 3 is 2.63 bits per heavy atom. The molecule has 0 atom stereocenters. The van der Waals surface area contributed by atoms with Gasteiger partial charge in [0.1, 0.15) is 0 Å². The summed E-state index contributed by atoms with van der Waals surface area (Å²) < 4.78 is 0. The molecule has 1 aromatic rings. The van der Waals surface area contributed by atoms with Gasteiger partial charge in [0.15, 0.2) is 0 Å². The van der Waals surface area contributed by atoms with Crippen LogP contribution in [-0.2, 0) is 11.2 Å². The van der Waals surface area contributed by atoms with Crippen molar-refractivity contribution in [1.82, 2.24) is 4.90 Å². The topological polar surface area (TPSA) is 20.3 Å². The number of rotatable bonds is 5. The minimum Gasteiger partial charge on any atom is -0.338 e. The highest BCUT2D eigenvalue weighted by Gasteiger charge is 2.26.